The fourth-order valence-corrected chi connectivity index (χ4v) is 1.04. The van der Waals surface area contributed by atoms with Crippen molar-refractivity contribution < 1.29 is 0 Å². The van der Waals surface area contributed by atoms with Crippen LogP contribution in [0.25, 0.3) is 0 Å². The lowest BCUT2D eigenvalue weighted by atomic mass is 9.76. The van der Waals surface area contributed by atoms with Crippen LogP contribution in [-0.4, -0.2) is 11.3 Å². The number of thiocarbonyl (C=S) groups is 1. The van der Waals surface area contributed by atoms with Crippen molar-refractivity contribution in [2.75, 3.05) is 0 Å². The van der Waals surface area contributed by atoms with Gasteiger partial charge in [-0.25, -0.2) is 0 Å². The van der Waals surface area contributed by atoms with E-state index in [0.717, 1.165) is 6.42 Å². The molecule has 4 heteroatoms. The molecule has 0 heterocycles. The Hall–Kier alpha value is -0.640. The van der Waals surface area contributed by atoms with Crippen LogP contribution < -0.4 is 11.2 Å². The molecule has 0 bridgehead atoms. The molecule has 3 N–H and O–H groups in total. The first kappa shape index (κ1) is 13.4. The van der Waals surface area contributed by atoms with Gasteiger partial charge in [0.15, 0.2) is 5.11 Å². The van der Waals surface area contributed by atoms with Crippen molar-refractivity contribution in [3.05, 3.63) is 0 Å². The van der Waals surface area contributed by atoms with E-state index in [9.17, 15) is 0 Å². The van der Waals surface area contributed by atoms with E-state index in [0.29, 0.717) is 11.3 Å². The number of hydrazone groups is 1. The second kappa shape index (κ2) is 5.96. The molecule has 0 rings (SSSR count). The Morgan fingerprint density at radius 2 is 2.21 bits per heavy atom. The summed E-state index contributed by atoms with van der Waals surface area (Å²) in [6.07, 6.45) is 3.95. The van der Waals surface area contributed by atoms with Gasteiger partial charge in [0, 0.05) is 6.21 Å². The van der Waals surface area contributed by atoms with Crippen LogP contribution >= 0.6 is 12.2 Å². The topological polar surface area (TPSA) is 50.4 Å². The monoisotopic (exact) mass is 215 g/mol. The Morgan fingerprint density at radius 3 is 2.64 bits per heavy atom. The summed E-state index contributed by atoms with van der Waals surface area (Å²) >= 11 is 4.62. The summed E-state index contributed by atoms with van der Waals surface area (Å²) < 4.78 is 0. The molecule has 0 aromatic heterocycles. The van der Waals surface area contributed by atoms with Gasteiger partial charge in [-0.3, -0.25) is 5.43 Å². The SMILES string of the molecule is CCC(C)(C)C(C)CC=NNC(N)=S. The maximum atomic E-state index is 5.23. The smallest absolute Gasteiger partial charge is 0.184 e. The van der Waals surface area contributed by atoms with Gasteiger partial charge in [-0.15, -0.1) is 0 Å². The summed E-state index contributed by atoms with van der Waals surface area (Å²) in [5.41, 5.74) is 8.13. The summed E-state index contributed by atoms with van der Waals surface area (Å²) in [5.74, 6) is 0.601. The summed E-state index contributed by atoms with van der Waals surface area (Å²) in [6.45, 7) is 8.98. The number of rotatable bonds is 5. The van der Waals surface area contributed by atoms with E-state index in [4.69, 9.17) is 5.73 Å². The first-order chi connectivity index (χ1) is 6.40. The van der Waals surface area contributed by atoms with Gasteiger partial charge in [-0.2, -0.15) is 5.10 Å². The highest BCUT2D eigenvalue weighted by Gasteiger charge is 2.22. The van der Waals surface area contributed by atoms with E-state index < -0.39 is 0 Å². The highest BCUT2D eigenvalue weighted by Crippen LogP contribution is 2.31. The van der Waals surface area contributed by atoms with E-state index in [1.54, 1.807) is 0 Å². The lowest BCUT2D eigenvalue weighted by molar-refractivity contribution is 0.229. The number of nitrogens with one attached hydrogen (secondary N) is 1. The van der Waals surface area contributed by atoms with Crippen LogP contribution in [0.5, 0.6) is 0 Å². The molecule has 0 radical (unpaired) electrons. The van der Waals surface area contributed by atoms with Crippen LogP contribution in [0.2, 0.25) is 0 Å². The quantitative estimate of drug-likeness (QED) is 0.420. The maximum absolute atomic E-state index is 5.23. The highest BCUT2D eigenvalue weighted by atomic mass is 32.1. The van der Waals surface area contributed by atoms with Crippen molar-refractivity contribution in [2.45, 2.75) is 40.5 Å². The summed E-state index contributed by atoms with van der Waals surface area (Å²) in [7, 11) is 0. The molecule has 0 aliphatic carbocycles. The molecule has 0 aliphatic rings. The molecular formula is C10H21N3S. The van der Waals surface area contributed by atoms with E-state index in [1.165, 1.54) is 6.42 Å². The van der Waals surface area contributed by atoms with Gasteiger partial charge >= 0.3 is 0 Å². The number of nitrogens with zero attached hydrogens (tertiary/aromatic N) is 1. The Morgan fingerprint density at radius 1 is 1.64 bits per heavy atom. The van der Waals surface area contributed by atoms with Crippen molar-refractivity contribution in [1.29, 1.82) is 0 Å². The molecular weight excluding hydrogens is 194 g/mol. The molecule has 0 saturated heterocycles. The number of hydrogen-bond acceptors (Lipinski definition) is 2. The van der Waals surface area contributed by atoms with Gasteiger partial charge in [0.1, 0.15) is 0 Å². The lowest BCUT2D eigenvalue weighted by Crippen LogP contribution is -2.25. The van der Waals surface area contributed by atoms with E-state index in [2.05, 4.69) is 50.4 Å². The minimum atomic E-state index is 0.212. The molecule has 82 valence electrons. The molecule has 0 aromatic rings. The Labute approximate surface area is 92.1 Å². The van der Waals surface area contributed by atoms with Gasteiger partial charge < -0.3 is 5.73 Å². The number of nitrogens with two attached hydrogens (primary N) is 1. The van der Waals surface area contributed by atoms with Crippen molar-refractivity contribution in [3.63, 3.8) is 0 Å². The standard InChI is InChI=1S/C10H21N3S/c1-5-10(3,4)8(2)6-7-12-13-9(11)14/h7-8H,5-6H2,1-4H3,(H3,11,13,14). The first-order valence-electron chi connectivity index (χ1n) is 4.97. The molecule has 0 saturated carbocycles. The van der Waals surface area contributed by atoms with Crippen LogP contribution in [0.3, 0.4) is 0 Å². The van der Waals surface area contributed by atoms with Crippen LogP contribution in [0.15, 0.2) is 5.10 Å². The summed E-state index contributed by atoms with van der Waals surface area (Å²) in [6, 6.07) is 0. The Bertz CT molecular complexity index is 211. The minimum Gasteiger partial charge on any atom is -0.375 e. The van der Waals surface area contributed by atoms with Gasteiger partial charge in [0.2, 0.25) is 0 Å². The predicted octanol–water partition coefficient (Wildman–Crippen LogP) is 2.27. The van der Waals surface area contributed by atoms with Crippen molar-refractivity contribution >= 4 is 23.5 Å². The van der Waals surface area contributed by atoms with Gasteiger partial charge in [0.25, 0.3) is 0 Å². The highest BCUT2D eigenvalue weighted by molar-refractivity contribution is 7.80. The van der Waals surface area contributed by atoms with Crippen molar-refractivity contribution in [1.82, 2.24) is 5.43 Å². The van der Waals surface area contributed by atoms with Gasteiger partial charge in [-0.1, -0.05) is 34.1 Å². The average molecular weight is 215 g/mol. The minimum absolute atomic E-state index is 0.212. The van der Waals surface area contributed by atoms with E-state index in [-0.39, 0.29) is 5.11 Å². The molecule has 14 heavy (non-hydrogen) atoms. The largest absolute Gasteiger partial charge is 0.375 e. The zero-order valence-corrected chi connectivity index (χ0v) is 10.3. The molecule has 0 spiro atoms. The van der Waals surface area contributed by atoms with E-state index in [1.807, 2.05) is 6.21 Å². The third-order valence-electron chi connectivity index (χ3n) is 2.97. The summed E-state index contributed by atoms with van der Waals surface area (Å²) in [4.78, 5) is 0. The molecule has 0 fully saturated rings. The van der Waals surface area contributed by atoms with Crippen molar-refractivity contribution in [3.8, 4) is 0 Å². The number of hydrogen-bond donors (Lipinski definition) is 2. The van der Waals surface area contributed by atoms with Gasteiger partial charge in [-0.05, 0) is 30.0 Å². The van der Waals surface area contributed by atoms with Crippen LogP contribution in [0, 0.1) is 11.3 Å². The fraction of sp³-hybridized carbons (Fsp3) is 0.800. The molecule has 0 aliphatic heterocycles. The molecule has 3 nitrogen and oxygen atoms in total. The van der Waals surface area contributed by atoms with Crippen LogP contribution in [0.4, 0.5) is 0 Å². The van der Waals surface area contributed by atoms with Gasteiger partial charge in [0.05, 0.1) is 0 Å². The predicted molar refractivity (Wildman–Crippen MR) is 66.3 cm³/mol. The van der Waals surface area contributed by atoms with E-state index >= 15 is 0 Å². The van der Waals surface area contributed by atoms with Crippen LogP contribution in [-0.2, 0) is 0 Å². The molecule has 0 amide bonds. The maximum Gasteiger partial charge on any atom is 0.184 e. The zero-order valence-electron chi connectivity index (χ0n) is 9.50. The second-order valence-corrected chi connectivity index (χ2v) is 4.71. The summed E-state index contributed by atoms with van der Waals surface area (Å²) in [5, 5.41) is 4.13. The normalized spacial score (nSPS) is 14.3. The van der Waals surface area contributed by atoms with Crippen LogP contribution in [0.1, 0.15) is 40.5 Å². The molecule has 1 unspecified atom stereocenters. The lowest BCUT2D eigenvalue weighted by Gasteiger charge is -2.29. The third kappa shape index (κ3) is 5.17. The fourth-order valence-electron chi connectivity index (χ4n) is 0.988. The zero-order chi connectivity index (χ0) is 11.2. The molecule has 0 aromatic carbocycles. The second-order valence-electron chi connectivity index (χ2n) is 4.27. The Kier molecular flexibility index (Phi) is 5.69. The Balaban J connectivity index is 3.90. The molecule has 1 atom stereocenters. The average Bonchev–Trinajstić information content (AvgIpc) is 2.11. The first-order valence-corrected chi connectivity index (χ1v) is 5.38. The third-order valence-corrected chi connectivity index (χ3v) is 3.06. The van der Waals surface area contributed by atoms with Crippen molar-refractivity contribution in [2.24, 2.45) is 22.2 Å².